The molecule has 1 atom stereocenters. The first-order valence-corrected chi connectivity index (χ1v) is 8.76. The summed E-state index contributed by atoms with van der Waals surface area (Å²) in [7, 11) is 0. The van der Waals surface area contributed by atoms with E-state index in [4.69, 9.17) is 8.83 Å². The van der Waals surface area contributed by atoms with Gasteiger partial charge in [0, 0.05) is 19.3 Å². The van der Waals surface area contributed by atoms with E-state index in [-0.39, 0.29) is 11.9 Å². The summed E-state index contributed by atoms with van der Waals surface area (Å²) in [5, 5.41) is 7.33. The summed E-state index contributed by atoms with van der Waals surface area (Å²) >= 11 is 0. The maximum Gasteiger partial charge on any atom is 0.222 e. The molecule has 0 saturated heterocycles. The van der Waals surface area contributed by atoms with E-state index in [1.54, 1.807) is 12.5 Å². The minimum Gasteiger partial charge on any atom is -0.467 e. The molecule has 136 valence electrons. The van der Waals surface area contributed by atoms with Crippen LogP contribution >= 0.6 is 0 Å². The third kappa shape index (κ3) is 3.72. The fraction of sp³-hybridized carbons (Fsp3) is 0.368. The van der Waals surface area contributed by atoms with Crippen LogP contribution in [0.3, 0.4) is 0 Å². The Kier molecular flexibility index (Phi) is 4.62. The molecule has 3 aromatic rings. The summed E-state index contributed by atoms with van der Waals surface area (Å²) in [5.41, 5.74) is 1.11. The molecule has 26 heavy (non-hydrogen) atoms. The monoisotopic (exact) mass is 354 g/mol. The van der Waals surface area contributed by atoms with E-state index >= 15 is 0 Å². The summed E-state index contributed by atoms with van der Waals surface area (Å²) in [4.78, 5) is 14.7. The quantitative estimate of drug-likeness (QED) is 0.736. The number of rotatable bonds is 6. The third-order valence-corrected chi connectivity index (χ3v) is 4.59. The van der Waals surface area contributed by atoms with E-state index in [0.29, 0.717) is 13.0 Å². The van der Waals surface area contributed by atoms with Gasteiger partial charge in [-0.25, -0.2) is 0 Å². The first kappa shape index (κ1) is 16.7. The van der Waals surface area contributed by atoms with Crippen LogP contribution in [0.5, 0.6) is 0 Å². The number of aryl methyl sites for hydroxylation is 1. The van der Waals surface area contributed by atoms with E-state index in [0.717, 1.165) is 42.6 Å². The summed E-state index contributed by atoms with van der Waals surface area (Å²) in [5.74, 6) is 2.59. The van der Waals surface area contributed by atoms with Crippen molar-refractivity contribution in [1.29, 1.82) is 0 Å². The molecule has 0 spiro atoms. The molecular formula is C19H22N4O3. The Hall–Kier alpha value is -2.80. The average molecular weight is 354 g/mol. The molecule has 1 aliphatic rings. The van der Waals surface area contributed by atoms with Gasteiger partial charge in [0.2, 0.25) is 5.91 Å². The zero-order valence-corrected chi connectivity index (χ0v) is 14.7. The van der Waals surface area contributed by atoms with Gasteiger partial charge in [0.1, 0.15) is 17.3 Å². The van der Waals surface area contributed by atoms with Gasteiger partial charge in [-0.2, -0.15) is 5.10 Å². The smallest absolute Gasteiger partial charge is 0.222 e. The predicted octanol–water partition coefficient (Wildman–Crippen LogP) is 2.64. The number of hydrogen-bond acceptors (Lipinski definition) is 5. The van der Waals surface area contributed by atoms with Crippen LogP contribution in [-0.2, 0) is 24.4 Å². The van der Waals surface area contributed by atoms with Gasteiger partial charge < -0.3 is 14.2 Å². The maximum absolute atomic E-state index is 12.4. The molecule has 7 nitrogen and oxygen atoms in total. The van der Waals surface area contributed by atoms with E-state index < -0.39 is 0 Å². The van der Waals surface area contributed by atoms with Gasteiger partial charge in [-0.05, 0) is 37.3 Å². The number of nitrogens with zero attached hydrogens (tertiary/aromatic N) is 3. The fourth-order valence-electron chi connectivity index (χ4n) is 3.41. The second-order valence-corrected chi connectivity index (χ2v) is 6.66. The zero-order chi connectivity index (χ0) is 17.9. The molecular weight excluding hydrogens is 332 g/mol. The lowest BCUT2D eigenvalue weighted by molar-refractivity contribution is -0.122. The Balaban J connectivity index is 1.40. The van der Waals surface area contributed by atoms with E-state index in [9.17, 15) is 4.79 Å². The number of carbonyl (C=O) groups is 1. The number of carbonyl (C=O) groups excluding carboxylic acids is 1. The van der Waals surface area contributed by atoms with E-state index in [2.05, 4.69) is 15.3 Å². The van der Waals surface area contributed by atoms with Crippen molar-refractivity contribution in [3.63, 3.8) is 0 Å². The average Bonchev–Trinajstić information content (AvgIpc) is 3.35. The lowest BCUT2D eigenvalue weighted by Crippen LogP contribution is -2.39. The Labute approximate surface area is 151 Å². The second kappa shape index (κ2) is 7.21. The Morgan fingerprint density at radius 1 is 1.31 bits per heavy atom. The van der Waals surface area contributed by atoms with E-state index in [1.165, 1.54) is 0 Å². The van der Waals surface area contributed by atoms with Crippen LogP contribution in [0.1, 0.15) is 35.4 Å². The van der Waals surface area contributed by atoms with Gasteiger partial charge >= 0.3 is 0 Å². The number of fused-ring (bicyclic) bond motifs is 1. The first-order valence-electron chi connectivity index (χ1n) is 8.76. The Morgan fingerprint density at radius 2 is 2.23 bits per heavy atom. The molecule has 0 fully saturated rings. The molecule has 0 saturated carbocycles. The molecule has 1 amide bonds. The Bertz CT molecular complexity index is 865. The SMILES string of the molecule is Cc1ccc(CN2Cc3ccnn3[C@H](CC(=O)NCc3ccco3)C2)o1. The lowest BCUT2D eigenvalue weighted by atomic mass is 10.1. The number of furan rings is 2. The van der Waals surface area contributed by atoms with Gasteiger partial charge in [-0.3, -0.25) is 14.4 Å². The molecule has 4 rings (SSSR count). The van der Waals surface area contributed by atoms with Crippen LogP contribution in [0.15, 0.2) is 51.6 Å². The number of nitrogens with one attached hydrogen (secondary N) is 1. The minimum absolute atomic E-state index is 0.00131. The second-order valence-electron chi connectivity index (χ2n) is 6.66. The van der Waals surface area contributed by atoms with Crippen LogP contribution < -0.4 is 5.32 Å². The largest absolute Gasteiger partial charge is 0.467 e. The van der Waals surface area contributed by atoms with Crippen molar-refractivity contribution in [1.82, 2.24) is 20.0 Å². The molecule has 3 aromatic heterocycles. The highest BCUT2D eigenvalue weighted by Gasteiger charge is 2.27. The van der Waals surface area contributed by atoms with Crippen molar-refractivity contribution in [2.45, 2.75) is 39.0 Å². The van der Waals surface area contributed by atoms with Crippen LogP contribution in [0.4, 0.5) is 0 Å². The molecule has 0 unspecified atom stereocenters. The molecule has 7 heteroatoms. The van der Waals surface area contributed by atoms with Crippen molar-refractivity contribution < 1.29 is 13.6 Å². The highest BCUT2D eigenvalue weighted by Crippen LogP contribution is 2.24. The topological polar surface area (TPSA) is 76.4 Å². The van der Waals surface area contributed by atoms with E-state index in [1.807, 2.05) is 41.9 Å². The normalized spacial score (nSPS) is 17.2. The third-order valence-electron chi connectivity index (χ3n) is 4.59. The molecule has 4 heterocycles. The number of hydrogen-bond donors (Lipinski definition) is 1. The van der Waals surface area contributed by atoms with Crippen molar-refractivity contribution in [2.75, 3.05) is 6.54 Å². The highest BCUT2D eigenvalue weighted by molar-refractivity contribution is 5.76. The molecule has 0 aliphatic carbocycles. The maximum atomic E-state index is 12.4. The molecule has 1 aliphatic heterocycles. The summed E-state index contributed by atoms with van der Waals surface area (Å²) < 4.78 is 12.9. The van der Waals surface area contributed by atoms with Crippen LogP contribution in [-0.4, -0.2) is 27.1 Å². The van der Waals surface area contributed by atoms with Crippen molar-refractivity contribution >= 4 is 5.91 Å². The standard InChI is InChI=1S/C19H22N4O3/c1-14-4-5-18(26-14)13-22-11-15-6-7-21-23(15)16(12-22)9-19(24)20-10-17-3-2-8-25-17/h2-8,16H,9-13H2,1H3,(H,20,24)/t16-/m1/s1. The van der Waals surface area contributed by atoms with Gasteiger partial charge in [-0.15, -0.1) is 0 Å². The van der Waals surface area contributed by atoms with Crippen molar-refractivity contribution in [2.24, 2.45) is 0 Å². The molecule has 0 radical (unpaired) electrons. The first-order chi connectivity index (χ1) is 12.7. The van der Waals surface area contributed by atoms with Gasteiger partial charge in [0.15, 0.2) is 0 Å². The molecule has 0 aromatic carbocycles. The van der Waals surface area contributed by atoms with Crippen molar-refractivity contribution in [3.8, 4) is 0 Å². The zero-order valence-electron chi connectivity index (χ0n) is 14.7. The predicted molar refractivity (Wildman–Crippen MR) is 94.0 cm³/mol. The highest BCUT2D eigenvalue weighted by atomic mass is 16.3. The fourth-order valence-corrected chi connectivity index (χ4v) is 3.41. The lowest BCUT2D eigenvalue weighted by Gasteiger charge is -2.33. The number of amides is 1. The van der Waals surface area contributed by atoms with Crippen LogP contribution in [0, 0.1) is 6.92 Å². The van der Waals surface area contributed by atoms with Gasteiger partial charge in [0.05, 0.1) is 37.5 Å². The minimum atomic E-state index is -0.0106. The Morgan fingerprint density at radius 3 is 3.00 bits per heavy atom. The van der Waals surface area contributed by atoms with Crippen LogP contribution in [0.2, 0.25) is 0 Å². The van der Waals surface area contributed by atoms with Crippen LogP contribution in [0.25, 0.3) is 0 Å². The molecule has 1 N–H and O–H groups in total. The molecule has 0 bridgehead atoms. The summed E-state index contributed by atoms with van der Waals surface area (Å²) in [6.45, 7) is 4.62. The summed E-state index contributed by atoms with van der Waals surface area (Å²) in [6, 6.07) is 9.65. The summed E-state index contributed by atoms with van der Waals surface area (Å²) in [6.07, 6.45) is 3.78. The van der Waals surface area contributed by atoms with Gasteiger partial charge in [0.25, 0.3) is 0 Å². The van der Waals surface area contributed by atoms with Crippen molar-refractivity contribution in [3.05, 3.63) is 65.8 Å². The number of aromatic nitrogens is 2. The van der Waals surface area contributed by atoms with Gasteiger partial charge in [-0.1, -0.05) is 0 Å².